The van der Waals surface area contributed by atoms with Gasteiger partial charge in [0, 0.05) is 0 Å². The molecule has 208 valence electrons. The van der Waals surface area contributed by atoms with Gasteiger partial charge in [0.25, 0.3) is 0 Å². The zero-order chi connectivity index (χ0) is 28.5. The number of aliphatic hydroxyl groups is 1. The van der Waals surface area contributed by atoms with Gasteiger partial charge in [-0.15, -0.1) is 0 Å². The van der Waals surface area contributed by atoms with E-state index in [1.165, 1.54) is 4.90 Å². The maximum atomic E-state index is 13.9. The number of alkyl carbamates (subject to hydrolysis) is 1. The Bertz CT molecular complexity index is 1210. The summed E-state index contributed by atoms with van der Waals surface area (Å²) in [6.45, 7) is 10.9. The highest BCUT2D eigenvalue weighted by molar-refractivity contribution is 6.08. The third-order valence-electron chi connectivity index (χ3n) is 6.58. The van der Waals surface area contributed by atoms with Crippen LogP contribution in [0.2, 0.25) is 0 Å². The minimum absolute atomic E-state index is 0.113. The summed E-state index contributed by atoms with van der Waals surface area (Å²) in [6, 6.07) is 3.06. The molecule has 1 aromatic rings. The van der Waals surface area contributed by atoms with E-state index in [2.05, 4.69) is 17.2 Å². The van der Waals surface area contributed by atoms with Crippen molar-refractivity contribution in [1.29, 1.82) is 0 Å². The number of aliphatic hydroxyl groups excluding tert-OH is 1. The molecule has 39 heavy (non-hydrogen) atoms. The zero-order valence-corrected chi connectivity index (χ0v) is 23.1. The molecule has 8 nitrogen and oxygen atoms in total. The van der Waals surface area contributed by atoms with E-state index in [4.69, 9.17) is 4.74 Å². The number of amides is 3. The molecule has 4 atom stereocenters. The van der Waals surface area contributed by atoms with E-state index in [1.807, 2.05) is 56.4 Å². The van der Waals surface area contributed by atoms with E-state index in [1.54, 1.807) is 32.1 Å². The van der Waals surface area contributed by atoms with E-state index in [9.17, 15) is 19.5 Å². The summed E-state index contributed by atoms with van der Waals surface area (Å²) in [5, 5.41) is 15.7. The molecule has 1 heterocycles. The maximum Gasteiger partial charge on any atom is 0.408 e. The molecule has 0 aromatic heterocycles. The summed E-state index contributed by atoms with van der Waals surface area (Å²) in [4.78, 5) is 41.4. The van der Waals surface area contributed by atoms with Gasteiger partial charge in [0.1, 0.15) is 18.7 Å². The largest absolute Gasteiger partial charge is 0.445 e. The molecular formula is C31H39N3O5. The predicted molar refractivity (Wildman–Crippen MR) is 154 cm³/mol. The molecule has 0 saturated heterocycles. The van der Waals surface area contributed by atoms with Gasteiger partial charge in [0.15, 0.2) is 0 Å². The Morgan fingerprint density at radius 2 is 1.97 bits per heavy atom. The Morgan fingerprint density at radius 1 is 1.21 bits per heavy atom. The highest BCUT2D eigenvalue weighted by atomic mass is 16.5. The van der Waals surface area contributed by atoms with Crippen LogP contribution in [-0.4, -0.2) is 53.9 Å². The van der Waals surface area contributed by atoms with Crippen LogP contribution in [0.1, 0.15) is 51.7 Å². The Kier molecular flexibility index (Phi) is 10.5. The second kappa shape index (κ2) is 13.8. The van der Waals surface area contributed by atoms with Crippen molar-refractivity contribution in [2.75, 3.05) is 11.5 Å². The molecule has 0 bridgehead atoms. The monoisotopic (exact) mass is 533 g/mol. The fraction of sp³-hybridized carbons (Fsp3) is 0.387. The van der Waals surface area contributed by atoms with Gasteiger partial charge in [-0.2, -0.15) is 0 Å². The lowest BCUT2D eigenvalue weighted by atomic mass is 9.96. The van der Waals surface area contributed by atoms with Crippen molar-refractivity contribution < 1.29 is 24.2 Å². The SMILES string of the molecule is C=C(C)C=CC(NC(=O)C1C=Cc2cccc(CC)c2N1C(=O)C(C)NC(=O)OCC1=CCCC=C1)C(C)O. The molecule has 0 saturated carbocycles. The number of benzene rings is 1. The third-order valence-corrected chi connectivity index (χ3v) is 6.58. The van der Waals surface area contributed by atoms with Crippen molar-refractivity contribution in [2.45, 2.75) is 71.2 Å². The Hall–Kier alpha value is -3.91. The van der Waals surface area contributed by atoms with Gasteiger partial charge in [0.2, 0.25) is 11.8 Å². The molecule has 8 heteroatoms. The zero-order valence-electron chi connectivity index (χ0n) is 23.1. The smallest absolute Gasteiger partial charge is 0.408 e. The van der Waals surface area contributed by atoms with Crippen LogP contribution in [0.5, 0.6) is 0 Å². The summed E-state index contributed by atoms with van der Waals surface area (Å²) in [7, 11) is 0. The van der Waals surface area contributed by atoms with Gasteiger partial charge in [-0.25, -0.2) is 4.79 Å². The van der Waals surface area contributed by atoms with Crippen LogP contribution in [0.25, 0.3) is 6.08 Å². The topological polar surface area (TPSA) is 108 Å². The predicted octanol–water partition coefficient (Wildman–Crippen LogP) is 4.37. The molecule has 3 N–H and O–H groups in total. The summed E-state index contributed by atoms with van der Waals surface area (Å²) in [6.07, 6.45) is 13.7. The van der Waals surface area contributed by atoms with E-state index in [0.29, 0.717) is 12.1 Å². The molecule has 3 rings (SSSR count). The minimum Gasteiger partial charge on any atom is -0.445 e. The van der Waals surface area contributed by atoms with Crippen LogP contribution in [-0.2, 0) is 20.7 Å². The van der Waals surface area contributed by atoms with Crippen LogP contribution in [0, 0.1) is 0 Å². The van der Waals surface area contributed by atoms with Crippen LogP contribution in [0.15, 0.2) is 72.4 Å². The number of carbonyl (C=O) groups is 3. The second-order valence-electron chi connectivity index (χ2n) is 9.90. The number of para-hydroxylation sites is 1. The van der Waals surface area contributed by atoms with Crippen molar-refractivity contribution in [2.24, 2.45) is 0 Å². The standard InChI is InChI=1S/C31H39N3O5/c1-6-24-13-10-14-25-16-18-27(29(36)33-26(22(5)35)17-15-20(2)3)34(28(24)25)30(37)21(4)32-31(38)39-19-23-11-8-7-9-12-23/h8,10-18,21-22,26-27,35H,2,6-7,9,19H2,1,3-5H3,(H,32,38)(H,33,36). The number of ether oxygens (including phenoxy) is 1. The van der Waals surface area contributed by atoms with Crippen molar-refractivity contribution in [3.05, 3.63) is 83.5 Å². The van der Waals surface area contributed by atoms with Crippen LogP contribution in [0.4, 0.5) is 10.5 Å². The Morgan fingerprint density at radius 3 is 2.62 bits per heavy atom. The average molecular weight is 534 g/mol. The van der Waals surface area contributed by atoms with E-state index in [-0.39, 0.29) is 6.61 Å². The first-order valence-corrected chi connectivity index (χ1v) is 13.4. The Labute approximate surface area is 230 Å². The number of rotatable bonds is 10. The number of anilines is 1. The first kappa shape index (κ1) is 29.6. The minimum atomic E-state index is -0.991. The molecule has 4 unspecified atom stereocenters. The molecule has 0 radical (unpaired) electrons. The molecule has 1 aliphatic heterocycles. The summed E-state index contributed by atoms with van der Waals surface area (Å²) >= 11 is 0. The van der Waals surface area contributed by atoms with Gasteiger partial charge in [-0.1, -0.05) is 79.8 Å². The van der Waals surface area contributed by atoms with Crippen LogP contribution >= 0.6 is 0 Å². The van der Waals surface area contributed by atoms with E-state index >= 15 is 0 Å². The quantitative estimate of drug-likeness (QED) is 0.387. The summed E-state index contributed by atoms with van der Waals surface area (Å²) < 4.78 is 5.33. The number of aryl methyl sites for hydroxylation is 1. The van der Waals surface area contributed by atoms with Gasteiger partial charge >= 0.3 is 6.09 Å². The molecule has 1 aliphatic carbocycles. The van der Waals surface area contributed by atoms with Crippen LogP contribution in [0.3, 0.4) is 0 Å². The number of carbonyl (C=O) groups excluding carboxylic acids is 3. The molecule has 2 aliphatic rings. The lowest BCUT2D eigenvalue weighted by Gasteiger charge is -2.37. The van der Waals surface area contributed by atoms with Crippen molar-refractivity contribution in [3.8, 4) is 0 Å². The summed E-state index contributed by atoms with van der Waals surface area (Å²) in [5.41, 5.74) is 3.99. The van der Waals surface area contributed by atoms with E-state index in [0.717, 1.165) is 35.1 Å². The number of fused-ring (bicyclic) bond motifs is 1. The lowest BCUT2D eigenvalue weighted by molar-refractivity contribution is -0.126. The fourth-order valence-corrected chi connectivity index (χ4v) is 4.46. The second-order valence-corrected chi connectivity index (χ2v) is 9.90. The average Bonchev–Trinajstić information content (AvgIpc) is 2.92. The van der Waals surface area contributed by atoms with Gasteiger partial charge in [0.05, 0.1) is 17.8 Å². The lowest BCUT2D eigenvalue weighted by Crippen LogP contribution is -2.57. The van der Waals surface area contributed by atoms with Gasteiger partial charge in [-0.3, -0.25) is 14.5 Å². The highest BCUT2D eigenvalue weighted by Crippen LogP contribution is 2.34. The van der Waals surface area contributed by atoms with Crippen molar-refractivity contribution in [1.82, 2.24) is 10.6 Å². The first-order valence-electron chi connectivity index (χ1n) is 13.4. The Balaban J connectivity index is 1.84. The maximum absolute atomic E-state index is 13.9. The third kappa shape index (κ3) is 7.80. The fourth-order valence-electron chi connectivity index (χ4n) is 4.46. The number of nitrogens with one attached hydrogen (secondary N) is 2. The molecule has 0 spiro atoms. The normalized spacial score (nSPS) is 18.5. The summed E-state index contributed by atoms with van der Waals surface area (Å²) in [5.74, 6) is -0.916. The first-order chi connectivity index (χ1) is 18.6. The van der Waals surface area contributed by atoms with Gasteiger partial charge < -0.3 is 20.5 Å². The number of hydrogen-bond acceptors (Lipinski definition) is 5. The van der Waals surface area contributed by atoms with Crippen LogP contribution < -0.4 is 15.5 Å². The molecule has 1 aromatic carbocycles. The molecular weight excluding hydrogens is 494 g/mol. The van der Waals surface area contributed by atoms with Gasteiger partial charge in [-0.05, 0) is 56.7 Å². The number of nitrogens with zero attached hydrogens (tertiary/aromatic N) is 1. The van der Waals surface area contributed by atoms with Crippen molar-refractivity contribution in [3.63, 3.8) is 0 Å². The van der Waals surface area contributed by atoms with Crippen molar-refractivity contribution >= 4 is 29.7 Å². The van der Waals surface area contributed by atoms with E-state index < -0.39 is 42.1 Å². The number of hydrogen-bond donors (Lipinski definition) is 3. The molecule has 3 amide bonds. The molecule has 0 fully saturated rings. The number of allylic oxidation sites excluding steroid dienone is 4. The highest BCUT2D eigenvalue weighted by Gasteiger charge is 2.37.